The molecule has 0 unspecified atom stereocenters. The van der Waals surface area contributed by atoms with Crippen LogP contribution in [0.25, 0.3) is 0 Å². The van der Waals surface area contributed by atoms with Gasteiger partial charge in [0.25, 0.3) is 0 Å². The minimum Gasteiger partial charge on any atom is -0.357 e. The van der Waals surface area contributed by atoms with Crippen LogP contribution in [0.4, 0.5) is 4.39 Å². The van der Waals surface area contributed by atoms with E-state index < -0.39 is 10.0 Å². The van der Waals surface area contributed by atoms with E-state index in [4.69, 9.17) is 0 Å². The summed E-state index contributed by atoms with van der Waals surface area (Å²) in [6.45, 7) is 6.07. The molecule has 0 spiro atoms. The average molecular weight is 417 g/mol. The molecule has 27 heavy (non-hydrogen) atoms. The summed E-state index contributed by atoms with van der Waals surface area (Å²) >= 11 is 1.45. The summed E-state index contributed by atoms with van der Waals surface area (Å²) in [6.07, 6.45) is 1.52. The Morgan fingerprint density at radius 2 is 2.00 bits per heavy atom. The third-order valence-electron chi connectivity index (χ3n) is 4.35. The number of sulfonamides is 1. The highest BCUT2D eigenvalue weighted by Gasteiger charge is 2.26. The van der Waals surface area contributed by atoms with Gasteiger partial charge in [0.1, 0.15) is 5.82 Å². The van der Waals surface area contributed by atoms with Gasteiger partial charge in [-0.15, -0.1) is 11.8 Å². The normalized spacial score (nSPS) is 17.1. The molecule has 6 nitrogen and oxygen atoms in total. The highest BCUT2D eigenvalue weighted by Crippen LogP contribution is 2.20. The van der Waals surface area contributed by atoms with Crippen LogP contribution in [0, 0.1) is 5.82 Å². The zero-order valence-corrected chi connectivity index (χ0v) is 17.6. The molecule has 1 aromatic carbocycles. The standard InChI is InChI=1S/C18H29FN4O2S2/c1-3-20-18(21-11-14-26-17-8-6-5-7-16(17)19)22-15-9-12-23(13-10-15)27(24,25)4-2/h5-8,15H,3-4,9-14H2,1-2H3,(H2,20,21,22). The van der Waals surface area contributed by atoms with Gasteiger partial charge in [0.2, 0.25) is 10.0 Å². The Morgan fingerprint density at radius 1 is 1.30 bits per heavy atom. The molecule has 0 saturated carbocycles. The van der Waals surface area contributed by atoms with Crippen LogP contribution in [-0.2, 0) is 10.0 Å². The molecule has 1 aliphatic rings. The number of hydrogen-bond acceptors (Lipinski definition) is 4. The SMILES string of the molecule is CCNC(=NCCSc1ccccc1F)NC1CCN(S(=O)(=O)CC)CC1. The van der Waals surface area contributed by atoms with Gasteiger partial charge >= 0.3 is 0 Å². The van der Waals surface area contributed by atoms with E-state index in [9.17, 15) is 12.8 Å². The molecule has 1 aromatic rings. The van der Waals surface area contributed by atoms with E-state index in [1.807, 2.05) is 13.0 Å². The zero-order chi connectivity index (χ0) is 19.7. The van der Waals surface area contributed by atoms with Gasteiger partial charge in [-0.3, -0.25) is 4.99 Å². The molecule has 0 aliphatic carbocycles. The molecule has 1 saturated heterocycles. The lowest BCUT2D eigenvalue weighted by molar-refractivity contribution is 0.306. The molecule has 2 rings (SSSR count). The molecule has 152 valence electrons. The summed E-state index contributed by atoms with van der Waals surface area (Å²) < 4.78 is 39.1. The molecule has 1 aliphatic heterocycles. The second kappa shape index (κ2) is 10.9. The minimum absolute atomic E-state index is 0.148. The highest BCUT2D eigenvalue weighted by atomic mass is 32.2. The first-order valence-corrected chi connectivity index (χ1v) is 12.0. The van der Waals surface area contributed by atoms with E-state index in [1.165, 1.54) is 17.8 Å². The smallest absolute Gasteiger partial charge is 0.213 e. The topological polar surface area (TPSA) is 73.8 Å². The number of nitrogens with one attached hydrogen (secondary N) is 2. The fraction of sp³-hybridized carbons (Fsp3) is 0.611. The van der Waals surface area contributed by atoms with Crippen molar-refractivity contribution in [1.82, 2.24) is 14.9 Å². The van der Waals surface area contributed by atoms with Crippen molar-refractivity contribution in [2.75, 3.05) is 37.7 Å². The minimum atomic E-state index is -3.10. The Bertz CT molecular complexity index is 720. The average Bonchev–Trinajstić information content (AvgIpc) is 2.67. The van der Waals surface area contributed by atoms with E-state index in [-0.39, 0.29) is 17.6 Å². The summed E-state index contributed by atoms with van der Waals surface area (Å²) in [7, 11) is -3.10. The summed E-state index contributed by atoms with van der Waals surface area (Å²) in [6, 6.07) is 6.94. The molecule has 1 heterocycles. The van der Waals surface area contributed by atoms with Crippen molar-refractivity contribution >= 4 is 27.7 Å². The van der Waals surface area contributed by atoms with Gasteiger partial charge in [0, 0.05) is 36.3 Å². The molecular formula is C18H29FN4O2S2. The Morgan fingerprint density at radius 3 is 2.63 bits per heavy atom. The van der Waals surface area contributed by atoms with Gasteiger partial charge in [-0.05, 0) is 38.8 Å². The Hall–Kier alpha value is -1.32. The fourth-order valence-electron chi connectivity index (χ4n) is 2.85. The lowest BCUT2D eigenvalue weighted by Crippen LogP contribution is -2.50. The lowest BCUT2D eigenvalue weighted by Gasteiger charge is -2.32. The maximum absolute atomic E-state index is 13.6. The van der Waals surface area contributed by atoms with Gasteiger partial charge < -0.3 is 10.6 Å². The zero-order valence-electron chi connectivity index (χ0n) is 15.9. The molecule has 0 radical (unpaired) electrons. The molecule has 0 bridgehead atoms. The van der Waals surface area contributed by atoms with Crippen molar-refractivity contribution in [3.63, 3.8) is 0 Å². The number of halogens is 1. The van der Waals surface area contributed by atoms with Gasteiger partial charge in [0.15, 0.2) is 5.96 Å². The maximum atomic E-state index is 13.6. The number of aliphatic imine (C=N–C) groups is 1. The van der Waals surface area contributed by atoms with E-state index in [2.05, 4.69) is 15.6 Å². The fourth-order valence-corrected chi connectivity index (χ4v) is 4.76. The van der Waals surface area contributed by atoms with E-state index in [0.29, 0.717) is 30.3 Å². The third kappa shape index (κ3) is 6.97. The van der Waals surface area contributed by atoms with Crippen LogP contribution in [0.2, 0.25) is 0 Å². The molecule has 0 atom stereocenters. The van der Waals surface area contributed by atoms with Gasteiger partial charge in [-0.2, -0.15) is 0 Å². The van der Waals surface area contributed by atoms with Gasteiger partial charge in [0.05, 0.1) is 12.3 Å². The van der Waals surface area contributed by atoms with Crippen molar-refractivity contribution in [2.24, 2.45) is 4.99 Å². The number of guanidine groups is 1. The second-order valence-corrected chi connectivity index (χ2v) is 9.65. The van der Waals surface area contributed by atoms with Crippen molar-refractivity contribution < 1.29 is 12.8 Å². The maximum Gasteiger partial charge on any atom is 0.213 e. The highest BCUT2D eigenvalue weighted by molar-refractivity contribution is 7.99. The predicted molar refractivity (Wildman–Crippen MR) is 110 cm³/mol. The van der Waals surface area contributed by atoms with Crippen molar-refractivity contribution in [3.05, 3.63) is 30.1 Å². The van der Waals surface area contributed by atoms with Gasteiger partial charge in [-0.25, -0.2) is 17.1 Å². The van der Waals surface area contributed by atoms with Crippen LogP contribution in [0.5, 0.6) is 0 Å². The molecule has 0 amide bonds. The third-order valence-corrected chi connectivity index (χ3v) is 7.26. The molecule has 1 fully saturated rings. The number of benzene rings is 1. The quantitative estimate of drug-likeness (QED) is 0.294. The number of thioether (sulfide) groups is 1. The Balaban J connectivity index is 1.81. The lowest BCUT2D eigenvalue weighted by atomic mass is 10.1. The van der Waals surface area contributed by atoms with Crippen LogP contribution in [0.15, 0.2) is 34.2 Å². The summed E-state index contributed by atoms with van der Waals surface area (Å²) in [5, 5.41) is 6.61. The summed E-state index contributed by atoms with van der Waals surface area (Å²) in [4.78, 5) is 5.19. The molecule has 0 aromatic heterocycles. The first kappa shape index (κ1) is 22.0. The van der Waals surface area contributed by atoms with Crippen molar-refractivity contribution in [2.45, 2.75) is 37.6 Å². The Kier molecular flexibility index (Phi) is 8.85. The summed E-state index contributed by atoms with van der Waals surface area (Å²) in [5.41, 5.74) is 0. The van der Waals surface area contributed by atoms with Crippen LogP contribution >= 0.6 is 11.8 Å². The van der Waals surface area contributed by atoms with E-state index >= 15 is 0 Å². The largest absolute Gasteiger partial charge is 0.357 e. The first-order valence-electron chi connectivity index (χ1n) is 9.36. The number of piperidine rings is 1. The monoisotopic (exact) mass is 416 g/mol. The molecule has 9 heteroatoms. The first-order chi connectivity index (χ1) is 13.0. The van der Waals surface area contributed by atoms with Crippen LogP contribution < -0.4 is 10.6 Å². The van der Waals surface area contributed by atoms with Gasteiger partial charge in [-0.1, -0.05) is 12.1 Å². The van der Waals surface area contributed by atoms with E-state index in [0.717, 1.165) is 25.3 Å². The number of rotatable bonds is 8. The van der Waals surface area contributed by atoms with Crippen LogP contribution in [0.1, 0.15) is 26.7 Å². The number of nitrogens with zero attached hydrogens (tertiary/aromatic N) is 2. The van der Waals surface area contributed by atoms with E-state index in [1.54, 1.807) is 23.4 Å². The van der Waals surface area contributed by atoms with Crippen molar-refractivity contribution in [3.8, 4) is 0 Å². The van der Waals surface area contributed by atoms with Crippen molar-refractivity contribution in [1.29, 1.82) is 0 Å². The Labute approximate surface area is 166 Å². The molecule has 2 N–H and O–H groups in total. The van der Waals surface area contributed by atoms with Crippen LogP contribution in [0.3, 0.4) is 0 Å². The predicted octanol–water partition coefficient (Wildman–Crippen LogP) is 2.29. The second-order valence-electron chi connectivity index (χ2n) is 6.26. The van der Waals surface area contributed by atoms with Crippen LogP contribution in [-0.4, -0.2) is 62.4 Å². The number of hydrogen-bond donors (Lipinski definition) is 2. The molecular weight excluding hydrogens is 387 g/mol. The summed E-state index contributed by atoms with van der Waals surface area (Å²) in [5.74, 6) is 1.35.